The van der Waals surface area contributed by atoms with Crippen LogP contribution < -0.4 is 5.32 Å². The molecule has 0 radical (unpaired) electrons. The molecule has 2 heterocycles. The SMILES string of the molecule is CNCc1scc(C)c1S(=O)(=O)N(C)Cc1cccs1. The van der Waals surface area contributed by atoms with E-state index in [1.807, 2.05) is 36.9 Å². The van der Waals surface area contributed by atoms with Gasteiger partial charge < -0.3 is 5.32 Å². The van der Waals surface area contributed by atoms with Gasteiger partial charge in [0, 0.05) is 29.9 Å². The van der Waals surface area contributed by atoms with Gasteiger partial charge in [-0.15, -0.1) is 22.7 Å². The molecule has 2 rings (SSSR count). The van der Waals surface area contributed by atoms with Gasteiger partial charge in [0.25, 0.3) is 0 Å². The Morgan fingerprint density at radius 2 is 2.10 bits per heavy atom. The number of hydrogen-bond acceptors (Lipinski definition) is 5. The molecule has 0 aliphatic heterocycles. The van der Waals surface area contributed by atoms with Crippen molar-refractivity contribution in [3.63, 3.8) is 0 Å². The van der Waals surface area contributed by atoms with Gasteiger partial charge in [0.15, 0.2) is 0 Å². The van der Waals surface area contributed by atoms with Crippen molar-refractivity contribution < 1.29 is 8.42 Å². The highest BCUT2D eigenvalue weighted by molar-refractivity contribution is 7.89. The Hall–Kier alpha value is -0.730. The van der Waals surface area contributed by atoms with Crippen LogP contribution in [0.4, 0.5) is 0 Å². The van der Waals surface area contributed by atoms with Gasteiger partial charge in [-0.25, -0.2) is 8.42 Å². The van der Waals surface area contributed by atoms with E-state index in [4.69, 9.17) is 0 Å². The lowest BCUT2D eigenvalue weighted by atomic mass is 10.3. The highest BCUT2D eigenvalue weighted by Crippen LogP contribution is 2.30. The number of nitrogens with zero attached hydrogens (tertiary/aromatic N) is 1. The van der Waals surface area contributed by atoms with E-state index in [9.17, 15) is 8.42 Å². The van der Waals surface area contributed by atoms with Crippen molar-refractivity contribution in [1.82, 2.24) is 9.62 Å². The smallest absolute Gasteiger partial charge is 0.244 e. The van der Waals surface area contributed by atoms with Crippen molar-refractivity contribution in [2.45, 2.75) is 24.9 Å². The molecular formula is C13H18N2O2S3. The van der Waals surface area contributed by atoms with Crippen molar-refractivity contribution in [2.24, 2.45) is 0 Å². The molecule has 0 aliphatic rings. The predicted octanol–water partition coefficient (Wildman–Crippen LogP) is 2.66. The summed E-state index contributed by atoms with van der Waals surface area (Å²) in [5.41, 5.74) is 0.818. The third kappa shape index (κ3) is 3.12. The Morgan fingerprint density at radius 3 is 2.70 bits per heavy atom. The van der Waals surface area contributed by atoms with Crippen LogP contribution in [-0.2, 0) is 23.1 Å². The number of hydrogen-bond donors (Lipinski definition) is 1. The second kappa shape index (κ2) is 6.36. The van der Waals surface area contributed by atoms with Crippen molar-refractivity contribution in [3.8, 4) is 0 Å². The lowest BCUT2D eigenvalue weighted by molar-refractivity contribution is 0.468. The molecule has 20 heavy (non-hydrogen) atoms. The molecule has 0 spiro atoms. The second-order valence-electron chi connectivity index (χ2n) is 4.54. The number of rotatable bonds is 6. The van der Waals surface area contributed by atoms with Gasteiger partial charge in [-0.3, -0.25) is 0 Å². The summed E-state index contributed by atoms with van der Waals surface area (Å²) in [5.74, 6) is 0. The van der Waals surface area contributed by atoms with E-state index in [2.05, 4.69) is 5.32 Å². The highest BCUT2D eigenvalue weighted by atomic mass is 32.2. The maximum Gasteiger partial charge on any atom is 0.244 e. The van der Waals surface area contributed by atoms with Gasteiger partial charge in [-0.2, -0.15) is 4.31 Å². The molecule has 2 aromatic rings. The molecule has 0 fully saturated rings. The first-order valence-corrected chi connectivity index (χ1v) is 9.37. The maximum atomic E-state index is 12.7. The first-order chi connectivity index (χ1) is 9.46. The first-order valence-electron chi connectivity index (χ1n) is 6.17. The van der Waals surface area contributed by atoms with Crippen LogP contribution in [0.25, 0.3) is 0 Å². The molecule has 4 nitrogen and oxygen atoms in total. The fourth-order valence-corrected chi connectivity index (χ4v) is 5.73. The van der Waals surface area contributed by atoms with Crippen molar-refractivity contribution in [3.05, 3.63) is 38.2 Å². The zero-order valence-electron chi connectivity index (χ0n) is 11.7. The van der Waals surface area contributed by atoms with Crippen LogP contribution >= 0.6 is 22.7 Å². The van der Waals surface area contributed by atoms with Crippen molar-refractivity contribution in [1.29, 1.82) is 0 Å². The van der Waals surface area contributed by atoms with Crippen LogP contribution in [0.2, 0.25) is 0 Å². The average molecular weight is 330 g/mol. The quantitative estimate of drug-likeness (QED) is 0.886. The number of aryl methyl sites for hydroxylation is 1. The Balaban J connectivity index is 2.32. The maximum absolute atomic E-state index is 12.7. The highest BCUT2D eigenvalue weighted by Gasteiger charge is 2.27. The summed E-state index contributed by atoms with van der Waals surface area (Å²) in [5, 5.41) is 6.88. The normalized spacial score (nSPS) is 12.2. The van der Waals surface area contributed by atoms with E-state index in [0.717, 1.165) is 15.3 Å². The Bertz CT molecular complexity index is 660. The molecule has 1 N–H and O–H groups in total. The molecule has 0 atom stereocenters. The molecule has 2 aromatic heterocycles. The zero-order chi connectivity index (χ0) is 14.8. The second-order valence-corrected chi connectivity index (χ2v) is 8.52. The molecule has 0 aliphatic carbocycles. The van der Waals surface area contributed by atoms with Gasteiger partial charge in [0.1, 0.15) is 4.90 Å². The third-order valence-electron chi connectivity index (χ3n) is 2.95. The molecule has 0 amide bonds. The fourth-order valence-electron chi connectivity index (χ4n) is 1.98. The number of nitrogens with one attached hydrogen (secondary N) is 1. The average Bonchev–Trinajstić information content (AvgIpc) is 3.00. The standard InChI is InChI=1S/C13H18N2O2S3/c1-10-9-19-12(7-14-2)13(10)20(16,17)15(3)8-11-5-4-6-18-11/h4-6,9,14H,7-8H2,1-3H3. The van der Waals surface area contributed by atoms with Crippen molar-refractivity contribution >= 4 is 32.7 Å². The summed E-state index contributed by atoms with van der Waals surface area (Å²) in [4.78, 5) is 2.36. The van der Waals surface area contributed by atoms with Gasteiger partial charge in [-0.1, -0.05) is 6.07 Å². The van der Waals surface area contributed by atoms with E-state index in [1.54, 1.807) is 18.4 Å². The summed E-state index contributed by atoms with van der Waals surface area (Å²) in [6.07, 6.45) is 0. The molecule has 0 unspecified atom stereocenters. The van der Waals surface area contributed by atoms with E-state index in [0.29, 0.717) is 18.0 Å². The zero-order valence-corrected chi connectivity index (χ0v) is 14.2. The predicted molar refractivity (Wildman–Crippen MR) is 84.8 cm³/mol. The van der Waals surface area contributed by atoms with Gasteiger partial charge in [0.05, 0.1) is 0 Å². The molecule has 7 heteroatoms. The van der Waals surface area contributed by atoms with Gasteiger partial charge in [-0.05, 0) is 36.4 Å². The Morgan fingerprint density at radius 1 is 1.35 bits per heavy atom. The fraction of sp³-hybridized carbons (Fsp3) is 0.385. The van der Waals surface area contributed by atoms with E-state index in [1.165, 1.54) is 15.6 Å². The topological polar surface area (TPSA) is 49.4 Å². The molecule has 0 aromatic carbocycles. The van der Waals surface area contributed by atoms with Crippen LogP contribution in [0.15, 0.2) is 27.8 Å². The summed E-state index contributed by atoms with van der Waals surface area (Å²) in [7, 11) is 0.00966. The van der Waals surface area contributed by atoms with Crippen LogP contribution in [0.3, 0.4) is 0 Å². The van der Waals surface area contributed by atoms with Crippen molar-refractivity contribution in [2.75, 3.05) is 14.1 Å². The van der Waals surface area contributed by atoms with Gasteiger partial charge >= 0.3 is 0 Å². The van der Waals surface area contributed by atoms with E-state index < -0.39 is 10.0 Å². The largest absolute Gasteiger partial charge is 0.315 e. The van der Waals surface area contributed by atoms with Crippen LogP contribution in [-0.4, -0.2) is 26.8 Å². The van der Waals surface area contributed by atoms with Gasteiger partial charge in [0.2, 0.25) is 10.0 Å². The summed E-state index contributed by atoms with van der Waals surface area (Å²) in [6.45, 7) is 2.83. The minimum absolute atomic E-state index is 0.411. The monoisotopic (exact) mass is 330 g/mol. The molecule has 0 saturated heterocycles. The molecule has 0 bridgehead atoms. The van der Waals surface area contributed by atoms with Crippen LogP contribution in [0.5, 0.6) is 0 Å². The molecule has 0 saturated carbocycles. The summed E-state index contributed by atoms with van der Waals surface area (Å²) >= 11 is 3.05. The molecular weight excluding hydrogens is 312 g/mol. The van der Waals surface area contributed by atoms with E-state index >= 15 is 0 Å². The van der Waals surface area contributed by atoms with Crippen LogP contribution in [0, 0.1) is 6.92 Å². The minimum Gasteiger partial charge on any atom is -0.315 e. The van der Waals surface area contributed by atoms with E-state index in [-0.39, 0.29) is 0 Å². The Labute approximate surface area is 128 Å². The van der Waals surface area contributed by atoms with Crippen LogP contribution in [0.1, 0.15) is 15.3 Å². The minimum atomic E-state index is -3.44. The summed E-state index contributed by atoms with van der Waals surface area (Å²) in [6, 6.07) is 3.88. The summed E-state index contributed by atoms with van der Waals surface area (Å²) < 4.78 is 26.9. The third-order valence-corrected chi connectivity index (χ3v) is 7.08. The number of sulfonamides is 1. The first kappa shape index (κ1) is 15.7. The lowest BCUT2D eigenvalue weighted by Gasteiger charge is -2.17. The Kier molecular flexibility index (Phi) is 4.98. The lowest BCUT2D eigenvalue weighted by Crippen LogP contribution is -2.27. The number of thiophene rings is 2. The molecule has 110 valence electrons.